The first-order chi connectivity index (χ1) is 12.2. The molecule has 1 N–H and O–H groups in total. The van der Waals surface area contributed by atoms with Crippen molar-refractivity contribution in [2.75, 3.05) is 26.2 Å². The summed E-state index contributed by atoms with van der Waals surface area (Å²) in [6, 6.07) is 1.14. The van der Waals surface area contributed by atoms with Gasteiger partial charge in [-0.05, 0) is 52.0 Å². The lowest BCUT2D eigenvalue weighted by Crippen LogP contribution is -2.50. The van der Waals surface area contributed by atoms with Crippen molar-refractivity contribution in [3.05, 3.63) is 16.1 Å². The van der Waals surface area contributed by atoms with Crippen LogP contribution < -0.4 is 5.32 Å². The molecular formula is C19H30N4OS. The maximum Gasteiger partial charge on any atom is 0.224 e. The highest BCUT2D eigenvalue weighted by Gasteiger charge is 2.33. The summed E-state index contributed by atoms with van der Waals surface area (Å²) in [6.45, 7) is 7.51. The van der Waals surface area contributed by atoms with Crippen molar-refractivity contribution in [2.24, 2.45) is 5.92 Å². The van der Waals surface area contributed by atoms with E-state index in [1.54, 1.807) is 11.3 Å². The SMILES string of the molecule is Cc1csc(CN2CCC(N3CCC[C@@H](C(=O)NC4CC4)C3)CC2)n1. The van der Waals surface area contributed by atoms with Gasteiger partial charge in [0, 0.05) is 42.8 Å². The molecule has 0 bridgehead atoms. The predicted octanol–water partition coefficient (Wildman–Crippen LogP) is 2.41. The number of carbonyl (C=O) groups is 1. The van der Waals surface area contributed by atoms with Gasteiger partial charge in [-0.1, -0.05) is 0 Å². The smallest absolute Gasteiger partial charge is 0.224 e. The molecule has 0 spiro atoms. The fraction of sp³-hybridized carbons (Fsp3) is 0.789. The van der Waals surface area contributed by atoms with E-state index in [0.29, 0.717) is 18.0 Å². The Labute approximate surface area is 154 Å². The van der Waals surface area contributed by atoms with Crippen LogP contribution in [0.5, 0.6) is 0 Å². The van der Waals surface area contributed by atoms with Crippen molar-refractivity contribution in [1.82, 2.24) is 20.1 Å². The van der Waals surface area contributed by atoms with Crippen LogP contribution in [0.25, 0.3) is 0 Å². The number of likely N-dealkylation sites (tertiary alicyclic amines) is 2. The zero-order chi connectivity index (χ0) is 17.2. The van der Waals surface area contributed by atoms with Crippen LogP contribution >= 0.6 is 11.3 Å². The minimum atomic E-state index is 0.214. The molecule has 1 aromatic heterocycles. The van der Waals surface area contributed by atoms with E-state index in [2.05, 4.69) is 32.4 Å². The molecule has 4 rings (SSSR count). The normalized spacial score (nSPS) is 26.7. The lowest BCUT2D eigenvalue weighted by atomic mass is 9.93. The Hall–Kier alpha value is -0.980. The van der Waals surface area contributed by atoms with Gasteiger partial charge in [-0.2, -0.15) is 0 Å². The van der Waals surface area contributed by atoms with Crippen LogP contribution in [0.2, 0.25) is 0 Å². The van der Waals surface area contributed by atoms with Crippen molar-refractivity contribution in [2.45, 2.75) is 64.1 Å². The van der Waals surface area contributed by atoms with Gasteiger partial charge in [-0.15, -0.1) is 11.3 Å². The lowest BCUT2D eigenvalue weighted by molar-refractivity contribution is -0.127. The number of aromatic nitrogens is 1. The molecule has 1 aliphatic carbocycles. The van der Waals surface area contributed by atoms with Crippen LogP contribution in [0.4, 0.5) is 0 Å². The second kappa shape index (κ2) is 7.72. The van der Waals surface area contributed by atoms with Crippen molar-refractivity contribution < 1.29 is 4.79 Å². The molecule has 1 saturated carbocycles. The molecule has 0 unspecified atom stereocenters. The monoisotopic (exact) mass is 362 g/mol. The largest absolute Gasteiger partial charge is 0.353 e. The predicted molar refractivity (Wildman–Crippen MR) is 101 cm³/mol. The zero-order valence-electron chi connectivity index (χ0n) is 15.2. The van der Waals surface area contributed by atoms with Gasteiger partial charge >= 0.3 is 0 Å². The fourth-order valence-electron chi connectivity index (χ4n) is 4.21. The quantitative estimate of drug-likeness (QED) is 0.874. The average Bonchev–Trinajstić information content (AvgIpc) is 3.35. The third kappa shape index (κ3) is 4.60. The number of thiazole rings is 1. The Morgan fingerprint density at radius 1 is 1.24 bits per heavy atom. The number of carbonyl (C=O) groups excluding carboxylic acids is 1. The summed E-state index contributed by atoms with van der Waals surface area (Å²) >= 11 is 1.78. The molecule has 6 heteroatoms. The summed E-state index contributed by atoms with van der Waals surface area (Å²) < 4.78 is 0. The van der Waals surface area contributed by atoms with Gasteiger partial charge in [0.2, 0.25) is 5.91 Å². The van der Waals surface area contributed by atoms with E-state index in [0.717, 1.165) is 38.3 Å². The molecule has 3 heterocycles. The highest BCUT2D eigenvalue weighted by molar-refractivity contribution is 7.09. The van der Waals surface area contributed by atoms with Crippen molar-refractivity contribution >= 4 is 17.2 Å². The Bertz CT molecular complexity index is 592. The van der Waals surface area contributed by atoms with Crippen LogP contribution in [0.1, 0.15) is 49.2 Å². The summed E-state index contributed by atoms with van der Waals surface area (Å²) in [5.74, 6) is 0.523. The second-order valence-electron chi connectivity index (χ2n) is 8.01. The molecule has 5 nitrogen and oxygen atoms in total. The average molecular weight is 363 g/mol. The number of nitrogens with one attached hydrogen (secondary N) is 1. The van der Waals surface area contributed by atoms with E-state index in [-0.39, 0.29) is 5.92 Å². The lowest BCUT2D eigenvalue weighted by Gasteiger charge is -2.41. The summed E-state index contributed by atoms with van der Waals surface area (Å²) in [7, 11) is 0. The molecule has 3 fully saturated rings. The number of piperidine rings is 2. The first kappa shape index (κ1) is 17.4. The zero-order valence-corrected chi connectivity index (χ0v) is 16.1. The van der Waals surface area contributed by atoms with Crippen molar-refractivity contribution in [1.29, 1.82) is 0 Å². The second-order valence-corrected chi connectivity index (χ2v) is 8.95. The van der Waals surface area contributed by atoms with E-state index >= 15 is 0 Å². The van der Waals surface area contributed by atoms with Crippen LogP contribution in [0.15, 0.2) is 5.38 Å². The maximum atomic E-state index is 12.4. The van der Waals surface area contributed by atoms with Crippen LogP contribution in [0, 0.1) is 12.8 Å². The molecule has 2 saturated heterocycles. The van der Waals surface area contributed by atoms with Crippen molar-refractivity contribution in [3.63, 3.8) is 0 Å². The van der Waals surface area contributed by atoms with Crippen LogP contribution in [-0.2, 0) is 11.3 Å². The topological polar surface area (TPSA) is 48.5 Å². The van der Waals surface area contributed by atoms with Gasteiger partial charge in [0.15, 0.2) is 0 Å². The minimum Gasteiger partial charge on any atom is -0.353 e. The number of rotatable bonds is 5. The summed E-state index contributed by atoms with van der Waals surface area (Å²) in [5.41, 5.74) is 1.14. The Morgan fingerprint density at radius 3 is 2.72 bits per heavy atom. The molecule has 0 radical (unpaired) electrons. The molecule has 1 atom stereocenters. The van der Waals surface area contributed by atoms with Gasteiger partial charge in [-0.3, -0.25) is 14.6 Å². The first-order valence-electron chi connectivity index (χ1n) is 9.85. The molecular weight excluding hydrogens is 332 g/mol. The Morgan fingerprint density at radius 2 is 2.04 bits per heavy atom. The number of aryl methyl sites for hydroxylation is 1. The maximum absolute atomic E-state index is 12.4. The van der Waals surface area contributed by atoms with Gasteiger partial charge in [0.25, 0.3) is 0 Å². The molecule has 2 aliphatic heterocycles. The van der Waals surface area contributed by atoms with Gasteiger partial charge in [0.05, 0.1) is 12.5 Å². The summed E-state index contributed by atoms with van der Waals surface area (Å²) in [4.78, 5) is 22.1. The highest BCUT2D eigenvalue weighted by Crippen LogP contribution is 2.26. The molecule has 3 aliphatic rings. The number of hydrogen-bond donors (Lipinski definition) is 1. The third-order valence-corrected chi connectivity index (χ3v) is 6.80. The number of amides is 1. The number of nitrogens with zero attached hydrogens (tertiary/aromatic N) is 3. The Balaban J connectivity index is 1.24. The van der Waals surface area contributed by atoms with Crippen molar-refractivity contribution in [3.8, 4) is 0 Å². The van der Waals surface area contributed by atoms with Gasteiger partial charge in [0.1, 0.15) is 5.01 Å². The van der Waals surface area contributed by atoms with E-state index in [9.17, 15) is 4.79 Å². The summed E-state index contributed by atoms with van der Waals surface area (Å²) in [6.07, 6.45) is 7.04. The van der Waals surface area contributed by atoms with Crippen LogP contribution in [-0.4, -0.2) is 59.0 Å². The fourth-order valence-corrected chi connectivity index (χ4v) is 5.02. The van der Waals surface area contributed by atoms with Crippen LogP contribution in [0.3, 0.4) is 0 Å². The number of hydrogen-bond acceptors (Lipinski definition) is 5. The van der Waals surface area contributed by atoms with E-state index in [4.69, 9.17) is 0 Å². The standard InChI is InChI=1S/C19H30N4OS/c1-14-13-25-18(20-14)12-22-9-6-17(7-10-22)23-8-2-3-15(11-23)19(24)21-16-4-5-16/h13,15-17H,2-12H2,1H3,(H,21,24)/t15-/m1/s1. The molecule has 0 aromatic carbocycles. The third-order valence-electron chi connectivity index (χ3n) is 5.85. The summed E-state index contributed by atoms with van der Waals surface area (Å²) in [5, 5.41) is 6.59. The minimum absolute atomic E-state index is 0.214. The Kier molecular flexibility index (Phi) is 5.39. The van der Waals surface area contributed by atoms with Gasteiger partial charge in [-0.25, -0.2) is 4.98 Å². The van der Waals surface area contributed by atoms with E-state index in [1.807, 2.05) is 0 Å². The molecule has 1 aromatic rings. The molecule has 1 amide bonds. The van der Waals surface area contributed by atoms with Gasteiger partial charge < -0.3 is 5.32 Å². The van der Waals surface area contributed by atoms with E-state index < -0.39 is 0 Å². The first-order valence-corrected chi connectivity index (χ1v) is 10.7. The van der Waals surface area contributed by atoms with E-state index in [1.165, 1.54) is 43.7 Å². The molecule has 138 valence electrons. The highest BCUT2D eigenvalue weighted by atomic mass is 32.1. The molecule has 25 heavy (non-hydrogen) atoms.